The first-order valence-electron chi connectivity index (χ1n) is 12.4. The van der Waals surface area contributed by atoms with Crippen LogP contribution in [0.1, 0.15) is 15.9 Å². The van der Waals surface area contributed by atoms with Crippen LogP contribution in [-0.2, 0) is 10.9 Å². The molecule has 0 radical (unpaired) electrons. The molecule has 1 fully saturated rings. The fourth-order valence-corrected chi connectivity index (χ4v) is 4.56. The van der Waals surface area contributed by atoms with E-state index < -0.39 is 17.7 Å². The molecule has 3 aromatic carbocycles. The molecule has 40 heavy (non-hydrogen) atoms. The quantitative estimate of drug-likeness (QED) is 0.238. The highest BCUT2D eigenvalue weighted by atomic mass is 35.5. The number of benzene rings is 3. The van der Waals surface area contributed by atoms with Crippen LogP contribution in [-0.4, -0.2) is 55.2 Å². The van der Waals surface area contributed by atoms with E-state index in [-0.39, 0.29) is 36.9 Å². The molecule has 5 rings (SSSR count). The standard InChI is InChI=1S/C29H27F3N4O2.2ClH/c30-29(31,32)21-10-11-23-26(12-13-33-27(23)20-21)34-25-9-5-4-8-24(25)28(37)38-19-18-35-14-16-36(17-15-35)22-6-2-1-3-7-22;;/h1-13,20H,14-19H2,(H,33,34);2*1H. The van der Waals surface area contributed by atoms with E-state index in [9.17, 15) is 18.0 Å². The van der Waals surface area contributed by atoms with Crippen molar-refractivity contribution in [1.82, 2.24) is 9.88 Å². The zero-order chi connectivity index (χ0) is 26.5. The van der Waals surface area contributed by atoms with Gasteiger partial charge in [-0.3, -0.25) is 9.88 Å². The van der Waals surface area contributed by atoms with E-state index in [4.69, 9.17) is 4.74 Å². The van der Waals surface area contributed by atoms with Crippen LogP contribution < -0.4 is 10.2 Å². The van der Waals surface area contributed by atoms with Gasteiger partial charge in [0.05, 0.1) is 22.3 Å². The number of carbonyl (C=O) groups is 1. The molecule has 1 aromatic heterocycles. The summed E-state index contributed by atoms with van der Waals surface area (Å²) in [5, 5.41) is 3.69. The second kappa shape index (κ2) is 13.7. The lowest BCUT2D eigenvalue weighted by Gasteiger charge is -2.35. The number of esters is 1. The number of halogens is 5. The van der Waals surface area contributed by atoms with Gasteiger partial charge in [0.25, 0.3) is 0 Å². The van der Waals surface area contributed by atoms with E-state index >= 15 is 0 Å². The van der Waals surface area contributed by atoms with Gasteiger partial charge < -0.3 is 15.0 Å². The van der Waals surface area contributed by atoms with Crippen LogP contribution in [0.2, 0.25) is 0 Å². The number of alkyl halides is 3. The maximum Gasteiger partial charge on any atom is 0.416 e. The SMILES string of the molecule is Cl.Cl.O=C(OCCN1CCN(c2ccccc2)CC1)c1ccccc1Nc1ccnc2cc(C(F)(F)F)ccc12. The van der Waals surface area contributed by atoms with Crippen LogP contribution >= 0.6 is 24.8 Å². The molecule has 1 aliphatic rings. The van der Waals surface area contributed by atoms with Crippen molar-refractivity contribution in [2.45, 2.75) is 6.18 Å². The van der Waals surface area contributed by atoms with Gasteiger partial charge in [-0.15, -0.1) is 24.8 Å². The zero-order valence-corrected chi connectivity index (χ0v) is 23.1. The second-order valence-corrected chi connectivity index (χ2v) is 9.06. The van der Waals surface area contributed by atoms with E-state index in [2.05, 4.69) is 32.2 Å². The number of piperazine rings is 1. The highest BCUT2D eigenvalue weighted by molar-refractivity contribution is 5.99. The predicted octanol–water partition coefficient (Wildman–Crippen LogP) is 6.82. The Balaban J connectivity index is 0.00000220. The van der Waals surface area contributed by atoms with Gasteiger partial charge in [0.1, 0.15) is 6.61 Å². The molecule has 0 amide bonds. The van der Waals surface area contributed by atoms with Crippen LogP contribution in [0.15, 0.2) is 85.1 Å². The van der Waals surface area contributed by atoms with E-state index in [1.807, 2.05) is 18.2 Å². The monoisotopic (exact) mass is 592 g/mol. The number of para-hydroxylation sites is 2. The molecule has 1 saturated heterocycles. The van der Waals surface area contributed by atoms with Crippen molar-refractivity contribution in [3.05, 3.63) is 96.2 Å². The van der Waals surface area contributed by atoms with Gasteiger partial charge in [-0.1, -0.05) is 36.4 Å². The van der Waals surface area contributed by atoms with Crippen molar-refractivity contribution in [2.24, 2.45) is 0 Å². The Morgan fingerprint density at radius 1 is 0.875 bits per heavy atom. The largest absolute Gasteiger partial charge is 0.461 e. The van der Waals surface area contributed by atoms with Crippen LogP contribution in [0.25, 0.3) is 10.9 Å². The van der Waals surface area contributed by atoms with Crippen molar-refractivity contribution >= 4 is 58.7 Å². The van der Waals surface area contributed by atoms with Crippen LogP contribution in [0, 0.1) is 0 Å². The number of nitrogens with zero attached hydrogens (tertiary/aromatic N) is 3. The molecule has 1 N–H and O–H groups in total. The Bertz CT molecular complexity index is 1420. The van der Waals surface area contributed by atoms with Crippen LogP contribution in [0.3, 0.4) is 0 Å². The number of hydrogen-bond donors (Lipinski definition) is 1. The number of anilines is 3. The van der Waals surface area contributed by atoms with Gasteiger partial charge in [-0.05, 0) is 42.5 Å². The molecule has 4 aromatic rings. The maximum atomic E-state index is 13.1. The fourth-order valence-electron chi connectivity index (χ4n) is 4.56. The van der Waals surface area contributed by atoms with Gasteiger partial charge in [0, 0.05) is 55.7 Å². The molecule has 6 nitrogen and oxygen atoms in total. The van der Waals surface area contributed by atoms with Gasteiger partial charge >= 0.3 is 12.1 Å². The Morgan fingerprint density at radius 3 is 2.30 bits per heavy atom. The molecule has 2 heterocycles. The van der Waals surface area contributed by atoms with E-state index in [0.29, 0.717) is 28.9 Å². The summed E-state index contributed by atoms with van der Waals surface area (Å²) in [6, 6.07) is 22.3. The minimum Gasteiger partial charge on any atom is -0.461 e. The molecular formula is C29H29Cl2F3N4O2. The maximum absolute atomic E-state index is 13.1. The molecule has 0 saturated carbocycles. The van der Waals surface area contributed by atoms with E-state index in [1.165, 1.54) is 18.0 Å². The zero-order valence-electron chi connectivity index (χ0n) is 21.4. The number of hydrogen-bond acceptors (Lipinski definition) is 6. The van der Waals surface area contributed by atoms with E-state index in [1.54, 1.807) is 30.3 Å². The third-order valence-corrected chi connectivity index (χ3v) is 6.62. The number of rotatable bonds is 7. The van der Waals surface area contributed by atoms with Gasteiger partial charge in [0.15, 0.2) is 0 Å². The molecule has 0 spiro atoms. The summed E-state index contributed by atoms with van der Waals surface area (Å²) < 4.78 is 44.9. The summed E-state index contributed by atoms with van der Waals surface area (Å²) in [7, 11) is 0. The molecule has 0 atom stereocenters. The van der Waals surface area contributed by atoms with Crippen LogP contribution in [0.5, 0.6) is 0 Å². The first-order chi connectivity index (χ1) is 18.4. The fraction of sp³-hybridized carbons (Fsp3) is 0.241. The average Bonchev–Trinajstić information content (AvgIpc) is 2.93. The number of carbonyl (C=O) groups excluding carboxylic acids is 1. The summed E-state index contributed by atoms with van der Waals surface area (Å²) in [6.45, 7) is 4.49. The molecule has 1 aliphatic heterocycles. The van der Waals surface area contributed by atoms with Crippen molar-refractivity contribution < 1.29 is 22.7 Å². The summed E-state index contributed by atoms with van der Waals surface area (Å²) >= 11 is 0. The number of fused-ring (bicyclic) bond motifs is 1. The average molecular weight is 593 g/mol. The summed E-state index contributed by atoms with van der Waals surface area (Å²) in [4.78, 5) is 21.6. The topological polar surface area (TPSA) is 57.7 Å². The second-order valence-electron chi connectivity index (χ2n) is 9.06. The number of aromatic nitrogens is 1. The molecule has 212 valence electrons. The Morgan fingerprint density at radius 2 is 1.57 bits per heavy atom. The number of pyridine rings is 1. The molecule has 11 heteroatoms. The first kappa shape index (κ1) is 31.0. The smallest absolute Gasteiger partial charge is 0.416 e. The summed E-state index contributed by atoms with van der Waals surface area (Å²) in [6.07, 6.45) is -3.02. The molecule has 0 unspecified atom stereocenters. The highest BCUT2D eigenvalue weighted by Gasteiger charge is 2.30. The Kier molecular flexibility index (Phi) is 10.6. The van der Waals surface area contributed by atoms with Crippen molar-refractivity contribution in [2.75, 3.05) is 49.5 Å². The summed E-state index contributed by atoms with van der Waals surface area (Å²) in [5.41, 5.74) is 2.04. The molecule has 0 bridgehead atoms. The Labute approximate surface area is 243 Å². The lowest BCUT2D eigenvalue weighted by Crippen LogP contribution is -2.47. The van der Waals surface area contributed by atoms with Gasteiger partial charge in [0.2, 0.25) is 0 Å². The van der Waals surface area contributed by atoms with Crippen molar-refractivity contribution in [3.63, 3.8) is 0 Å². The third kappa shape index (κ3) is 7.35. The lowest BCUT2D eigenvalue weighted by atomic mass is 10.1. The number of nitrogens with one attached hydrogen (secondary N) is 1. The lowest BCUT2D eigenvalue weighted by molar-refractivity contribution is -0.137. The van der Waals surface area contributed by atoms with Crippen molar-refractivity contribution in [1.29, 1.82) is 0 Å². The molecule has 0 aliphatic carbocycles. The minimum absolute atomic E-state index is 0. The predicted molar refractivity (Wildman–Crippen MR) is 156 cm³/mol. The van der Waals surface area contributed by atoms with Crippen molar-refractivity contribution in [3.8, 4) is 0 Å². The normalized spacial score (nSPS) is 13.7. The van der Waals surface area contributed by atoms with Gasteiger partial charge in [-0.25, -0.2) is 4.79 Å². The summed E-state index contributed by atoms with van der Waals surface area (Å²) in [5.74, 6) is -0.464. The first-order valence-corrected chi connectivity index (χ1v) is 12.4. The third-order valence-electron chi connectivity index (χ3n) is 6.62. The highest BCUT2D eigenvalue weighted by Crippen LogP contribution is 2.33. The minimum atomic E-state index is -4.45. The number of ether oxygens (including phenoxy) is 1. The van der Waals surface area contributed by atoms with Gasteiger partial charge in [-0.2, -0.15) is 13.2 Å². The molecular weight excluding hydrogens is 564 g/mol. The Hall–Kier alpha value is -3.53. The van der Waals surface area contributed by atoms with Crippen LogP contribution in [0.4, 0.5) is 30.2 Å². The van der Waals surface area contributed by atoms with E-state index in [0.717, 1.165) is 38.3 Å².